The van der Waals surface area contributed by atoms with Gasteiger partial charge in [-0.05, 0) is 19.1 Å². The number of hydrogen-bond acceptors (Lipinski definition) is 6. The zero-order valence-electron chi connectivity index (χ0n) is 10.7. The van der Waals surface area contributed by atoms with Crippen LogP contribution in [-0.4, -0.2) is 33.2 Å². The summed E-state index contributed by atoms with van der Waals surface area (Å²) in [5.41, 5.74) is 0. The molecule has 1 unspecified atom stereocenters. The zero-order chi connectivity index (χ0) is 14.5. The van der Waals surface area contributed by atoms with E-state index in [-0.39, 0.29) is 18.7 Å². The fourth-order valence-corrected chi connectivity index (χ4v) is 1.46. The molecule has 0 bridgehead atoms. The topological polar surface area (TPSA) is 118 Å². The average Bonchev–Trinajstić information content (AvgIpc) is 3.07. The first-order chi connectivity index (χ1) is 9.56. The number of aliphatic carboxylic acids is 1. The van der Waals surface area contributed by atoms with Gasteiger partial charge in [-0.3, -0.25) is 9.59 Å². The summed E-state index contributed by atoms with van der Waals surface area (Å²) in [5, 5.41) is 14.7. The van der Waals surface area contributed by atoms with Crippen LogP contribution in [0.4, 0.5) is 0 Å². The van der Waals surface area contributed by atoms with Crippen molar-refractivity contribution >= 4 is 11.9 Å². The molecule has 2 aromatic rings. The first-order valence-electron chi connectivity index (χ1n) is 5.95. The second-order valence-electron chi connectivity index (χ2n) is 4.12. The third kappa shape index (κ3) is 3.44. The summed E-state index contributed by atoms with van der Waals surface area (Å²) in [6.07, 6.45) is 1.79. The van der Waals surface area contributed by atoms with E-state index in [2.05, 4.69) is 15.5 Å². The molecule has 20 heavy (non-hydrogen) atoms. The Labute approximate surface area is 113 Å². The predicted molar refractivity (Wildman–Crippen MR) is 65.6 cm³/mol. The van der Waals surface area contributed by atoms with Crippen molar-refractivity contribution in [1.29, 1.82) is 0 Å². The number of nitrogens with zero attached hydrogens (tertiary/aromatic N) is 2. The van der Waals surface area contributed by atoms with Crippen molar-refractivity contribution in [3.05, 3.63) is 24.3 Å². The monoisotopic (exact) mass is 279 g/mol. The quantitative estimate of drug-likeness (QED) is 0.804. The van der Waals surface area contributed by atoms with Crippen LogP contribution in [0.5, 0.6) is 0 Å². The maximum absolute atomic E-state index is 11.5. The van der Waals surface area contributed by atoms with Gasteiger partial charge in [-0.15, -0.1) is 0 Å². The van der Waals surface area contributed by atoms with Crippen molar-refractivity contribution in [2.75, 3.05) is 0 Å². The molecule has 2 heterocycles. The van der Waals surface area contributed by atoms with Crippen LogP contribution in [0.3, 0.4) is 0 Å². The van der Waals surface area contributed by atoms with Crippen molar-refractivity contribution in [3.8, 4) is 11.6 Å². The first-order valence-corrected chi connectivity index (χ1v) is 5.95. The molecule has 0 aliphatic rings. The second kappa shape index (κ2) is 6.00. The molecule has 0 saturated carbocycles. The van der Waals surface area contributed by atoms with Crippen LogP contribution in [-0.2, 0) is 16.0 Å². The van der Waals surface area contributed by atoms with E-state index in [9.17, 15) is 9.59 Å². The second-order valence-corrected chi connectivity index (χ2v) is 4.12. The maximum Gasteiger partial charge on any atom is 0.325 e. The Kier molecular flexibility index (Phi) is 4.14. The number of carbonyl (C=O) groups excluding carboxylic acids is 1. The molecule has 0 saturated heterocycles. The molecule has 8 heteroatoms. The lowest BCUT2D eigenvalue weighted by molar-refractivity contribution is -0.141. The van der Waals surface area contributed by atoms with E-state index in [4.69, 9.17) is 14.0 Å². The van der Waals surface area contributed by atoms with Gasteiger partial charge in [-0.2, -0.15) is 4.98 Å². The molecule has 1 amide bonds. The number of amides is 1. The summed E-state index contributed by atoms with van der Waals surface area (Å²) < 4.78 is 10.1. The fourth-order valence-electron chi connectivity index (χ4n) is 1.46. The summed E-state index contributed by atoms with van der Waals surface area (Å²) in [6.45, 7) is 1.39. The van der Waals surface area contributed by atoms with Crippen molar-refractivity contribution in [3.63, 3.8) is 0 Å². The number of furan rings is 1. The largest absolute Gasteiger partial charge is 0.480 e. The van der Waals surface area contributed by atoms with E-state index in [1.807, 2.05) is 0 Å². The standard InChI is InChI=1S/C12H13N3O5/c1-7(12(17)18)13-9(16)4-5-10-14-11(15-20-10)8-3-2-6-19-8/h2-3,6-7H,4-5H2,1H3,(H,13,16)(H,17,18). The van der Waals surface area contributed by atoms with Crippen LogP contribution in [0.1, 0.15) is 19.2 Å². The van der Waals surface area contributed by atoms with Gasteiger partial charge in [0.15, 0.2) is 5.76 Å². The van der Waals surface area contributed by atoms with Gasteiger partial charge in [0, 0.05) is 12.8 Å². The first kappa shape index (κ1) is 13.8. The van der Waals surface area contributed by atoms with Crippen molar-refractivity contribution in [2.24, 2.45) is 0 Å². The molecule has 0 aromatic carbocycles. The van der Waals surface area contributed by atoms with Crippen molar-refractivity contribution in [2.45, 2.75) is 25.8 Å². The molecule has 8 nitrogen and oxygen atoms in total. The van der Waals surface area contributed by atoms with E-state index >= 15 is 0 Å². The molecular formula is C12H13N3O5. The molecule has 0 fully saturated rings. The molecule has 1 atom stereocenters. The molecule has 106 valence electrons. The van der Waals surface area contributed by atoms with Crippen molar-refractivity contribution < 1.29 is 23.6 Å². The number of nitrogens with one attached hydrogen (secondary N) is 1. The van der Waals surface area contributed by atoms with E-state index in [1.54, 1.807) is 12.1 Å². The third-order valence-corrected chi connectivity index (χ3v) is 2.52. The molecule has 0 radical (unpaired) electrons. The number of carbonyl (C=O) groups is 2. The molecule has 0 spiro atoms. The van der Waals surface area contributed by atoms with E-state index in [1.165, 1.54) is 13.2 Å². The van der Waals surface area contributed by atoms with Gasteiger partial charge < -0.3 is 19.4 Å². The van der Waals surface area contributed by atoms with Gasteiger partial charge in [-0.1, -0.05) is 5.16 Å². The highest BCUT2D eigenvalue weighted by atomic mass is 16.5. The lowest BCUT2D eigenvalue weighted by atomic mass is 10.2. The molecule has 0 aliphatic carbocycles. The maximum atomic E-state index is 11.5. The number of carboxylic acids is 1. The summed E-state index contributed by atoms with van der Waals surface area (Å²) >= 11 is 0. The van der Waals surface area contributed by atoms with Gasteiger partial charge >= 0.3 is 5.97 Å². The fraction of sp³-hybridized carbons (Fsp3) is 0.333. The number of aryl methyl sites for hydroxylation is 1. The molecular weight excluding hydrogens is 266 g/mol. The smallest absolute Gasteiger partial charge is 0.325 e. The van der Waals surface area contributed by atoms with Gasteiger partial charge in [0.25, 0.3) is 0 Å². The highest BCUT2D eigenvalue weighted by Crippen LogP contribution is 2.16. The number of hydrogen-bond donors (Lipinski definition) is 2. The zero-order valence-corrected chi connectivity index (χ0v) is 10.7. The highest BCUT2D eigenvalue weighted by Gasteiger charge is 2.16. The van der Waals surface area contributed by atoms with Crippen LogP contribution in [0, 0.1) is 0 Å². The number of rotatable bonds is 6. The lowest BCUT2D eigenvalue weighted by Gasteiger charge is -2.07. The van der Waals surface area contributed by atoms with Gasteiger partial charge in [0.1, 0.15) is 6.04 Å². The summed E-state index contributed by atoms with van der Waals surface area (Å²) in [6, 6.07) is 2.46. The Morgan fingerprint density at radius 3 is 2.95 bits per heavy atom. The Morgan fingerprint density at radius 1 is 1.50 bits per heavy atom. The number of aromatic nitrogens is 2. The Bertz CT molecular complexity index is 590. The van der Waals surface area contributed by atoms with Crippen LogP contribution in [0.2, 0.25) is 0 Å². The molecule has 2 rings (SSSR count). The Hall–Kier alpha value is -2.64. The van der Waals surface area contributed by atoms with Gasteiger partial charge in [0.05, 0.1) is 6.26 Å². The van der Waals surface area contributed by atoms with Crippen LogP contribution < -0.4 is 5.32 Å². The molecule has 2 N–H and O–H groups in total. The van der Waals surface area contributed by atoms with E-state index in [0.717, 1.165) is 0 Å². The molecule has 0 aliphatic heterocycles. The average molecular weight is 279 g/mol. The molecule has 2 aromatic heterocycles. The van der Waals surface area contributed by atoms with Crippen LogP contribution in [0.25, 0.3) is 11.6 Å². The predicted octanol–water partition coefficient (Wildman–Crippen LogP) is 0.851. The van der Waals surface area contributed by atoms with E-state index in [0.29, 0.717) is 11.6 Å². The Balaban J connectivity index is 1.86. The van der Waals surface area contributed by atoms with Crippen LogP contribution >= 0.6 is 0 Å². The highest BCUT2D eigenvalue weighted by molar-refractivity contribution is 5.83. The number of carboxylic acid groups (broad SMARTS) is 1. The van der Waals surface area contributed by atoms with Gasteiger partial charge in [0.2, 0.25) is 17.6 Å². The lowest BCUT2D eigenvalue weighted by Crippen LogP contribution is -2.38. The SMILES string of the molecule is CC(NC(=O)CCc1nc(-c2ccco2)no1)C(=O)O. The summed E-state index contributed by atoms with van der Waals surface area (Å²) in [4.78, 5) is 26.1. The minimum atomic E-state index is -1.09. The summed E-state index contributed by atoms with van der Waals surface area (Å²) in [7, 11) is 0. The third-order valence-electron chi connectivity index (χ3n) is 2.52. The van der Waals surface area contributed by atoms with Crippen LogP contribution in [0.15, 0.2) is 27.3 Å². The van der Waals surface area contributed by atoms with E-state index < -0.39 is 17.9 Å². The van der Waals surface area contributed by atoms with Gasteiger partial charge in [-0.25, -0.2) is 0 Å². The summed E-state index contributed by atoms with van der Waals surface area (Å²) in [5.74, 6) is -0.406. The van der Waals surface area contributed by atoms with Crippen molar-refractivity contribution in [1.82, 2.24) is 15.5 Å². The Morgan fingerprint density at radius 2 is 2.30 bits per heavy atom. The minimum absolute atomic E-state index is 0.0669. The minimum Gasteiger partial charge on any atom is -0.480 e. The normalized spacial score (nSPS) is 12.1.